The van der Waals surface area contributed by atoms with Gasteiger partial charge in [0.1, 0.15) is 0 Å². The maximum Gasteiger partial charge on any atom is 0.165 e. The first-order chi connectivity index (χ1) is 7.16. The van der Waals surface area contributed by atoms with E-state index < -0.39 is 0 Å². The van der Waals surface area contributed by atoms with E-state index in [1.165, 1.54) is 6.07 Å². The van der Waals surface area contributed by atoms with Crippen molar-refractivity contribution >= 4 is 5.82 Å². The summed E-state index contributed by atoms with van der Waals surface area (Å²) in [6.45, 7) is 3.66. The van der Waals surface area contributed by atoms with Crippen molar-refractivity contribution in [3.63, 3.8) is 0 Å². The number of rotatable bonds is 1. The van der Waals surface area contributed by atoms with E-state index in [1.54, 1.807) is 12.3 Å². The zero-order valence-electron chi connectivity index (χ0n) is 8.86. The summed E-state index contributed by atoms with van der Waals surface area (Å²) in [7, 11) is 0. The van der Waals surface area contributed by atoms with Crippen LogP contribution in [0.3, 0.4) is 0 Å². The van der Waals surface area contributed by atoms with Crippen LogP contribution in [0, 0.1) is 11.7 Å². The summed E-state index contributed by atoms with van der Waals surface area (Å²) >= 11 is 0. The monoisotopic (exact) mass is 209 g/mol. The van der Waals surface area contributed by atoms with Gasteiger partial charge in [0.25, 0.3) is 0 Å². The van der Waals surface area contributed by atoms with Crippen LogP contribution in [-0.4, -0.2) is 24.1 Å². The van der Waals surface area contributed by atoms with Gasteiger partial charge in [-0.15, -0.1) is 0 Å². The number of pyridine rings is 1. The Morgan fingerprint density at radius 1 is 1.53 bits per heavy atom. The Morgan fingerprint density at radius 2 is 2.33 bits per heavy atom. The van der Waals surface area contributed by atoms with Gasteiger partial charge in [-0.2, -0.15) is 0 Å². The summed E-state index contributed by atoms with van der Waals surface area (Å²) in [5.74, 6) is 0.661. The second-order valence-corrected chi connectivity index (χ2v) is 4.31. The number of halogens is 1. The van der Waals surface area contributed by atoms with Gasteiger partial charge in [-0.05, 0) is 24.5 Å². The lowest BCUT2D eigenvalue weighted by atomic mass is 9.96. The van der Waals surface area contributed by atoms with Crippen molar-refractivity contribution in [3.05, 3.63) is 24.1 Å². The van der Waals surface area contributed by atoms with E-state index in [1.807, 2.05) is 4.90 Å². The minimum absolute atomic E-state index is 0.121. The molecule has 0 aromatic carbocycles. The van der Waals surface area contributed by atoms with E-state index in [0.29, 0.717) is 18.3 Å². The number of anilines is 1. The van der Waals surface area contributed by atoms with Gasteiger partial charge in [0.05, 0.1) is 0 Å². The molecule has 0 amide bonds. The highest BCUT2D eigenvalue weighted by atomic mass is 19.1. The van der Waals surface area contributed by atoms with Gasteiger partial charge >= 0.3 is 0 Å². The zero-order valence-corrected chi connectivity index (χ0v) is 8.86. The molecule has 2 heterocycles. The van der Waals surface area contributed by atoms with Gasteiger partial charge in [-0.25, -0.2) is 9.37 Å². The Bertz CT molecular complexity index is 332. The molecule has 1 aromatic rings. The highest BCUT2D eigenvalue weighted by molar-refractivity contribution is 5.40. The molecule has 2 unspecified atom stereocenters. The van der Waals surface area contributed by atoms with E-state index in [-0.39, 0.29) is 11.9 Å². The van der Waals surface area contributed by atoms with Crippen LogP contribution in [0.25, 0.3) is 0 Å². The average molecular weight is 209 g/mol. The minimum atomic E-state index is -0.265. The van der Waals surface area contributed by atoms with E-state index >= 15 is 0 Å². The molecule has 1 aliphatic rings. The number of nitrogens with zero attached hydrogens (tertiary/aromatic N) is 2. The van der Waals surface area contributed by atoms with E-state index in [2.05, 4.69) is 11.9 Å². The van der Waals surface area contributed by atoms with Crippen LogP contribution in [0.4, 0.5) is 10.2 Å². The number of hydrogen-bond acceptors (Lipinski definition) is 3. The first-order valence-electron chi connectivity index (χ1n) is 5.28. The fourth-order valence-electron chi connectivity index (χ4n) is 2.18. The van der Waals surface area contributed by atoms with Crippen molar-refractivity contribution in [2.45, 2.75) is 19.4 Å². The maximum absolute atomic E-state index is 13.5. The normalized spacial score (nSPS) is 26.7. The fraction of sp³-hybridized carbons (Fsp3) is 0.545. The lowest BCUT2D eigenvalue weighted by molar-refractivity contribution is 0.396. The molecule has 15 heavy (non-hydrogen) atoms. The van der Waals surface area contributed by atoms with E-state index in [9.17, 15) is 4.39 Å². The maximum atomic E-state index is 13.5. The molecule has 2 rings (SSSR count). The molecule has 0 saturated carbocycles. The Kier molecular flexibility index (Phi) is 2.86. The third kappa shape index (κ3) is 2.26. The van der Waals surface area contributed by atoms with Crippen molar-refractivity contribution < 1.29 is 4.39 Å². The first-order valence-corrected chi connectivity index (χ1v) is 5.28. The van der Waals surface area contributed by atoms with Crippen LogP contribution < -0.4 is 10.6 Å². The molecule has 4 heteroatoms. The molecular weight excluding hydrogens is 193 g/mol. The summed E-state index contributed by atoms with van der Waals surface area (Å²) in [5, 5.41) is 0. The van der Waals surface area contributed by atoms with Crippen molar-refractivity contribution in [3.8, 4) is 0 Å². The van der Waals surface area contributed by atoms with Crippen molar-refractivity contribution in [2.75, 3.05) is 18.0 Å². The van der Waals surface area contributed by atoms with Crippen LogP contribution in [0.5, 0.6) is 0 Å². The molecule has 2 atom stereocenters. The summed E-state index contributed by atoms with van der Waals surface area (Å²) in [5.41, 5.74) is 5.91. The van der Waals surface area contributed by atoms with Crippen molar-refractivity contribution in [1.29, 1.82) is 0 Å². The topological polar surface area (TPSA) is 42.1 Å². The van der Waals surface area contributed by atoms with E-state index in [0.717, 1.165) is 13.0 Å². The van der Waals surface area contributed by atoms with Crippen LogP contribution in [0.15, 0.2) is 18.3 Å². The lowest BCUT2D eigenvalue weighted by Gasteiger charge is -2.35. The number of piperidine rings is 1. The van der Waals surface area contributed by atoms with Crippen molar-refractivity contribution in [1.82, 2.24) is 4.98 Å². The van der Waals surface area contributed by atoms with Gasteiger partial charge in [0, 0.05) is 25.3 Å². The molecule has 0 radical (unpaired) electrons. The lowest BCUT2D eigenvalue weighted by Crippen LogP contribution is -2.47. The van der Waals surface area contributed by atoms with Gasteiger partial charge in [-0.3, -0.25) is 0 Å². The zero-order chi connectivity index (χ0) is 10.8. The minimum Gasteiger partial charge on any atom is -0.352 e. The molecule has 1 fully saturated rings. The first kappa shape index (κ1) is 10.4. The SMILES string of the molecule is CC1CC(N)CN(c2ncccc2F)C1. The summed E-state index contributed by atoms with van der Waals surface area (Å²) in [4.78, 5) is 6.00. The van der Waals surface area contributed by atoms with Crippen LogP contribution >= 0.6 is 0 Å². The second kappa shape index (κ2) is 4.14. The molecule has 82 valence electrons. The predicted molar refractivity (Wildman–Crippen MR) is 58.2 cm³/mol. The smallest absolute Gasteiger partial charge is 0.165 e. The number of aromatic nitrogens is 1. The van der Waals surface area contributed by atoms with Gasteiger partial charge in [-0.1, -0.05) is 6.92 Å². The highest BCUT2D eigenvalue weighted by Crippen LogP contribution is 2.22. The Labute approximate surface area is 89.1 Å². The Hall–Kier alpha value is -1.16. The molecule has 1 saturated heterocycles. The fourth-order valence-corrected chi connectivity index (χ4v) is 2.18. The largest absolute Gasteiger partial charge is 0.352 e. The highest BCUT2D eigenvalue weighted by Gasteiger charge is 2.24. The molecule has 1 aromatic heterocycles. The summed E-state index contributed by atoms with van der Waals surface area (Å²) in [6, 6.07) is 3.16. The third-order valence-corrected chi connectivity index (χ3v) is 2.73. The van der Waals surface area contributed by atoms with Crippen LogP contribution in [-0.2, 0) is 0 Å². The second-order valence-electron chi connectivity index (χ2n) is 4.31. The van der Waals surface area contributed by atoms with Crippen LogP contribution in [0.1, 0.15) is 13.3 Å². The summed E-state index contributed by atoms with van der Waals surface area (Å²) in [6.07, 6.45) is 2.62. The summed E-state index contributed by atoms with van der Waals surface area (Å²) < 4.78 is 13.5. The number of hydrogen-bond donors (Lipinski definition) is 1. The van der Waals surface area contributed by atoms with Gasteiger partial charge < -0.3 is 10.6 Å². The quantitative estimate of drug-likeness (QED) is 0.760. The molecule has 3 nitrogen and oxygen atoms in total. The van der Waals surface area contributed by atoms with Gasteiger partial charge in [0.15, 0.2) is 11.6 Å². The number of nitrogens with two attached hydrogens (primary N) is 1. The predicted octanol–water partition coefficient (Wildman–Crippen LogP) is 1.39. The molecule has 0 spiro atoms. The molecule has 1 aliphatic heterocycles. The average Bonchev–Trinajstić information content (AvgIpc) is 2.16. The van der Waals surface area contributed by atoms with Crippen molar-refractivity contribution in [2.24, 2.45) is 11.7 Å². The van der Waals surface area contributed by atoms with E-state index in [4.69, 9.17) is 5.73 Å². The molecule has 2 N–H and O–H groups in total. The standard InChI is InChI=1S/C11H16FN3/c1-8-5-9(13)7-15(6-8)11-10(12)3-2-4-14-11/h2-4,8-9H,5-7,13H2,1H3. The molecule has 0 aliphatic carbocycles. The third-order valence-electron chi connectivity index (χ3n) is 2.73. The van der Waals surface area contributed by atoms with Gasteiger partial charge in [0.2, 0.25) is 0 Å². The molecular formula is C11H16FN3. The molecule has 0 bridgehead atoms. The Balaban J connectivity index is 2.20. The van der Waals surface area contributed by atoms with Crippen LogP contribution in [0.2, 0.25) is 0 Å². The Morgan fingerprint density at radius 3 is 3.00 bits per heavy atom.